The molecule has 1 saturated heterocycles. The molecule has 0 atom stereocenters. The number of carbonyl (C=O) groups excluding carboxylic acids is 1. The summed E-state index contributed by atoms with van der Waals surface area (Å²) in [5.41, 5.74) is 0. The number of nitrogens with zero attached hydrogens (tertiary/aromatic N) is 4. The third-order valence-electron chi connectivity index (χ3n) is 4.02. The van der Waals surface area contributed by atoms with Gasteiger partial charge in [-0.2, -0.15) is 0 Å². The number of likely N-dealkylation sites (N-methyl/N-ethyl adjacent to an activating group) is 1. The predicted octanol–water partition coefficient (Wildman–Crippen LogP) is 0.848. The zero-order valence-corrected chi connectivity index (χ0v) is 14.8. The predicted molar refractivity (Wildman–Crippen MR) is 92.2 cm³/mol. The van der Waals surface area contributed by atoms with E-state index in [1.807, 2.05) is 4.90 Å². The van der Waals surface area contributed by atoms with Crippen LogP contribution in [0.2, 0.25) is 0 Å². The number of amides is 1. The third kappa shape index (κ3) is 6.22. The molecule has 128 valence electrons. The van der Waals surface area contributed by atoms with Gasteiger partial charge in [-0.15, -0.1) is 0 Å². The summed E-state index contributed by atoms with van der Waals surface area (Å²) in [4.78, 5) is 22.8. The molecule has 0 unspecified atom stereocenters. The molecular formula is C16H33N5O. The van der Waals surface area contributed by atoms with Crippen molar-refractivity contribution < 1.29 is 4.79 Å². The highest BCUT2D eigenvalue weighted by Gasteiger charge is 2.20. The van der Waals surface area contributed by atoms with Gasteiger partial charge in [-0.3, -0.25) is 9.79 Å². The van der Waals surface area contributed by atoms with E-state index in [0.29, 0.717) is 0 Å². The third-order valence-corrected chi connectivity index (χ3v) is 4.02. The average molecular weight is 311 g/mol. The van der Waals surface area contributed by atoms with Crippen molar-refractivity contribution in [2.75, 3.05) is 58.9 Å². The number of rotatable bonds is 7. The first-order valence-corrected chi connectivity index (χ1v) is 8.63. The number of hydrogen-bond acceptors (Lipinski definition) is 3. The van der Waals surface area contributed by atoms with Gasteiger partial charge in [0, 0.05) is 46.2 Å². The maximum atomic E-state index is 11.4. The number of guanidine groups is 1. The Morgan fingerprint density at radius 1 is 1.09 bits per heavy atom. The quantitative estimate of drug-likeness (QED) is 0.559. The van der Waals surface area contributed by atoms with Crippen molar-refractivity contribution in [1.29, 1.82) is 0 Å². The zero-order chi connectivity index (χ0) is 16.4. The molecule has 22 heavy (non-hydrogen) atoms. The Morgan fingerprint density at radius 2 is 1.73 bits per heavy atom. The summed E-state index contributed by atoms with van der Waals surface area (Å²) in [7, 11) is 0. The largest absolute Gasteiger partial charge is 0.357 e. The van der Waals surface area contributed by atoms with Crippen LogP contribution in [0.15, 0.2) is 4.99 Å². The Hall–Kier alpha value is -1.30. The van der Waals surface area contributed by atoms with Crippen LogP contribution in [0.3, 0.4) is 0 Å². The summed E-state index contributed by atoms with van der Waals surface area (Å²) in [5.74, 6) is 1.15. The Balaban J connectivity index is 2.50. The molecule has 0 aromatic rings. The van der Waals surface area contributed by atoms with Crippen molar-refractivity contribution in [3.05, 3.63) is 0 Å². The second-order valence-electron chi connectivity index (χ2n) is 5.66. The first-order chi connectivity index (χ1) is 10.6. The molecule has 1 aliphatic rings. The van der Waals surface area contributed by atoms with Crippen molar-refractivity contribution in [3.8, 4) is 0 Å². The van der Waals surface area contributed by atoms with Crippen LogP contribution in [0.5, 0.6) is 0 Å². The van der Waals surface area contributed by atoms with Gasteiger partial charge in [-0.25, -0.2) is 0 Å². The minimum Gasteiger partial charge on any atom is -0.357 e. The molecule has 6 heteroatoms. The molecule has 1 fully saturated rings. The Morgan fingerprint density at radius 3 is 2.23 bits per heavy atom. The lowest BCUT2D eigenvalue weighted by atomic mass is 10.3. The second kappa shape index (κ2) is 10.4. The molecule has 0 bridgehead atoms. The van der Waals surface area contributed by atoms with Gasteiger partial charge in [-0.1, -0.05) is 13.8 Å². The summed E-state index contributed by atoms with van der Waals surface area (Å²) >= 11 is 0. The lowest BCUT2D eigenvalue weighted by Crippen LogP contribution is -2.53. The maximum absolute atomic E-state index is 11.4. The molecule has 0 saturated carbocycles. The first kappa shape index (κ1) is 18.7. The van der Waals surface area contributed by atoms with E-state index in [9.17, 15) is 4.79 Å². The van der Waals surface area contributed by atoms with E-state index in [-0.39, 0.29) is 5.91 Å². The molecule has 1 amide bonds. The molecule has 0 aromatic heterocycles. The van der Waals surface area contributed by atoms with E-state index >= 15 is 0 Å². The van der Waals surface area contributed by atoms with Crippen LogP contribution < -0.4 is 5.32 Å². The van der Waals surface area contributed by atoms with Gasteiger partial charge >= 0.3 is 0 Å². The van der Waals surface area contributed by atoms with Crippen LogP contribution in [0, 0.1) is 0 Å². The monoisotopic (exact) mass is 311 g/mol. The minimum absolute atomic E-state index is 0.166. The van der Waals surface area contributed by atoms with Crippen LogP contribution >= 0.6 is 0 Å². The van der Waals surface area contributed by atoms with E-state index in [1.54, 1.807) is 6.92 Å². The van der Waals surface area contributed by atoms with Crippen molar-refractivity contribution in [3.63, 3.8) is 0 Å². The van der Waals surface area contributed by atoms with Crippen molar-refractivity contribution in [2.24, 2.45) is 4.99 Å². The molecular weight excluding hydrogens is 278 g/mol. The standard InChI is InChI=1S/C16H33N5O/c1-5-9-19(7-3)10-8-18-16(17-6-2)21-13-11-20(12-14-21)15(4)22/h5-14H2,1-4H3,(H,17,18). The summed E-state index contributed by atoms with van der Waals surface area (Å²) in [6, 6.07) is 0. The molecule has 1 N–H and O–H groups in total. The van der Waals surface area contributed by atoms with Gasteiger partial charge in [0.25, 0.3) is 0 Å². The summed E-state index contributed by atoms with van der Waals surface area (Å²) < 4.78 is 0. The van der Waals surface area contributed by atoms with E-state index in [1.165, 1.54) is 6.42 Å². The van der Waals surface area contributed by atoms with Crippen molar-refractivity contribution in [2.45, 2.75) is 34.1 Å². The summed E-state index contributed by atoms with van der Waals surface area (Å²) in [6.07, 6.45) is 1.19. The van der Waals surface area contributed by atoms with Crippen LogP contribution in [0.4, 0.5) is 0 Å². The number of carbonyl (C=O) groups is 1. The molecule has 6 nitrogen and oxygen atoms in total. The Bertz CT molecular complexity index is 350. The van der Waals surface area contributed by atoms with E-state index in [2.05, 4.69) is 35.9 Å². The van der Waals surface area contributed by atoms with E-state index in [0.717, 1.165) is 64.9 Å². The first-order valence-electron chi connectivity index (χ1n) is 8.63. The molecule has 0 spiro atoms. The summed E-state index contributed by atoms with van der Waals surface area (Å²) in [5, 5.41) is 3.37. The Kier molecular flexibility index (Phi) is 8.89. The maximum Gasteiger partial charge on any atom is 0.219 e. The highest BCUT2D eigenvalue weighted by atomic mass is 16.2. The number of nitrogens with one attached hydrogen (secondary N) is 1. The molecule has 0 radical (unpaired) electrons. The second-order valence-corrected chi connectivity index (χ2v) is 5.66. The highest BCUT2D eigenvalue weighted by Crippen LogP contribution is 2.03. The average Bonchev–Trinajstić information content (AvgIpc) is 2.53. The van der Waals surface area contributed by atoms with Crippen molar-refractivity contribution >= 4 is 11.9 Å². The van der Waals surface area contributed by atoms with E-state index < -0.39 is 0 Å². The fraction of sp³-hybridized carbons (Fsp3) is 0.875. The molecule has 0 aromatic carbocycles. The minimum atomic E-state index is 0.166. The summed E-state index contributed by atoms with van der Waals surface area (Å²) in [6.45, 7) is 16.4. The van der Waals surface area contributed by atoms with Gasteiger partial charge in [0.05, 0.1) is 6.54 Å². The van der Waals surface area contributed by atoms with Crippen molar-refractivity contribution in [1.82, 2.24) is 20.0 Å². The molecule has 1 heterocycles. The Labute approximate surface area is 135 Å². The van der Waals surface area contributed by atoms with Gasteiger partial charge in [0.15, 0.2) is 5.96 Å². The normalized spacial score (nSPS) is 16.3. The molecule has 1 aliphatic heterocycles. The van der Waals surface area contributed by atoms with Crippen LogP contribution in [-0.2, 0) is 4.79 Å². The van der Waals surface area contributed by atoms with Crippen LogP contribution in [0.25, 0.3) is 0 Å². The fourth-order valence-corrected chi connectivity index (χ4v) is 2.70. The van der Waals surface area contributed by atoms with Gasteiger partial charge in [0.2, 0.25) is 5.91 Å². The topological polar surface area (TPSA) is 51.2 Å². The highest BCUT2D eigenvalue weighted by molar-refractivity contribution is 5.80. The smallest absolute Gasteiger partial charge is 0.219 e. The van der Waals surface area contributed by atoms with E-state index in [4.69, 9.17) is 4.99 Å². The molecule has 1 rings (SSSR count). The number of piperazine rings is 1. The number of hydrogen-bond donors (Lipinski definition) is 1. The number of aliphatic imine (C=N–C) groups is 1. The van der Waals surface area contributed by atoms with Crippen LogP contribution in [0.1, 0.15) is 34.1 Å². The lowest BCUT2D eigenvalue weighted by molar-refractivity contribution is -0.130. The van der Waals surface area contributed by atoms with Gasteiger partial charge < -0.3 is 20.0 Å². The fourth-order valence-electron chi connectivity index (χ4n) is 2.70. The lowest BCUT2D eigenvalue weighted by Gasteiger charge is -2.36. The van der Waals surface area contributed by atoms with Gasteiger partial charge in [-0.05, 0) is 26.4 Å². The molecule has 0 aliphatic carbocycles. The SMILES string of the molecule is CCCN(CC)CCN=C(NCC)N1CCN(C(C)=O)CC1. The van der Waals surface area contributed by atoms with Crippen LogP contribution in [-0.4, -0.2) is 85.5 Å². The van der Waals surface area contributed by atoms with Gasteiger partial charge in [0.1, 0.15) is 0 Å². The zero-order valence-electron chi connectivity index (χ0n) is 14.8.